The Morgan fingerprint density at radius 3 is 2.75 bits per heavy atom. The lowest BCUT2D eigenvalue weighted by Gasteiger charge is -2.18. The molecule has 0 saturated carbocycles. The van der Waals surface area contributed by atoms with Gasteiger partial charge in [0, 0.05) is 10.6 Å². The number of ether oxygens (including phenoxy) is 1. The van der Waals surface area contributed by atoms with Gasteiger partial charge in [0.15, 0.2) is 0 Å². The van der Waals surface area contributed by atoms with Crippen LogP contribution in [0.15, 0.2) is 18.2 Å². The predicted octanol–water partition coefficient (Wildman–Crippen LogP) is 2.41. The zero-order chi connectivity index (χ0) is 12.1. The third kappa shape index (κ3) is 3.72. The molecule has 0 radical (unpaired) electrons. The van der Waals surface area contributed by atoms with E-state index in [1.54, 1.807) is 6.07 Å². The highest BCUT2D eigenvalue weighted by Crippen LogP contribution is 2.21. The minimum atomic E-state index is -0.402. The molecule has 0 heterocycles. The highest BCUT2D eigenvalue weighted by atomic mass is 35.5. The first-order valence-corrected chi connectivity index (χ1v) is 5.45. The molecule has 3 nitrogen and oxygen atoms in total. The molecule has 0 aliphatic heterocycles. The largest absolute Gasteiger partial charge is 0.377 e. The van der Waals surface area contributed by atoms with E-state index in [0.29, 0.717) is 17.2 Å². The number of nitrogens with two attached hydrogens (primary N) is 1. The Morgan fingerprint density at radius 1 is 1.50 bits per heavy atom. The lowest BCUT2D eigenvalue weighted by molar-refractivity contribution is 0.0604. The van der Waals surface area contributed by atoms with Gasteiger partial charge in [-0.2, -0.15) is 0 Å². The highest BCUT2D eigenvalue weighted by molar-refractivity contribution is 6.30. The van der Waals surface area contributed by atoms with Crippen LogP contribution < -0.4 is 11.3 Å². The lowest BCUT2D eigenvalue weighted by atomic mass is 10.1. The van der Waals surface area contributed by atoms with E-state index in [2.05, 4.69) is 5.43 Å². The molecule has 5 heteroatoms. The van der Waals surface area contributed by atoms with Crippen molar-refractivity contribution in [2.45, 2.75) is 26.0 Å². The van der Waals surface area contributed by atoms with E-state index in [1.807, 2.05) is 13.8 Å². The van der Waals surface area contributed by atoms with E-state index in [9.17, 15) is 4.39 Å². The molecule has 1 atom stereocenters. The molecule has 1 unspecified atom stereocenters. The van der Waals surface area contributed by atoms with Crippen molar-refractivity contribution in [3.8, 4) is 0 Å². The second-order valence-corrected chi connectivity index (χ2v) is 4.20. The molecule has 1 rings (SSSR count). The molecule has 0 saturated heterocycles. The van der Waals surface area contributed by atoms with E-state index in [0.717, 1.165) is 0 Å². The zero-order valence-electron chi connectivity index (χ0n) is 9.34. The Kier molecular flexibility index (Phi) is 5.15. The van der Waals surface area contributed by atoms with Gasteiger partial charge in [0.25, 0.3) is 0 Å². The topological polar surface area (TPSA) is 47.3 Å². The van der Waals surface area contributed by atoms with Crippen molar-refractivity contribution in [3.63, 3.8) is 0 Å². The van der Waals surface area contributed by atoms with Gasteiger partial charge in [-0.1, -0.05) is 11.6 Å². The molecule has 90 valence electrons. The van der Waals surface area contributed by atoms with Crippen LogP contribution in [-0.4, -0.2) is 12.7 Å². The SMILES string of the molecule is CC(C)OCC(NN)c1cc(Cl)ccc1F. The molecule has 1 aromatic rings. The van der Waals surface area contributed by atoms with Crippen molar-refractivity contribution in [1.29, 1.82) is 0 Å². The first kappa shape index (κ1) is 13.4. The maximum Gasteiger partial charge on any atom is 0.128 e. The summed E-state index contributed by atoms with van der Waals surface area (Å²) in [4.78, 5) is 0. The summed E-state index contributed by atoms with van der Waals surface area (Å²) in [5, 5.41) is 0.473. The fraction of sp³-hybridized carbons (Fsp3) is 0.455. The van der Waals surface area contributed by atoms with Crippen LogP contribution >= 0.6 is 11.6 Å². The van der Waals surface area contributed by atoms with Gasteiger partial charge in [0.2, 0.25) is 0 Å². The molecule has 1 aromatic carbocycles. The van der Waals surface area contributed by atoms with Crippen LogP contribution in [0.2, 0.25) is 5.02 Å². The van der Waals surface area contributed by atoms with Crippen LogP contribution in [0.25, 0.3) is 0 Å². The average Bonchev–Trinajstić information content (AvgIpc) is 2.23. The highest BCUT2D eigenvalue weighted by Gasteiger charge is 2.15. The molecule has 3 N–H and O–H groups in total. The number of benzene rings is 1. The minimum Gasteiger partial charge on any atom is -0.377 e. The van der Waals surface area contributed by atoms with E-state index in [1.165, 1.54) is 12.1 Å². The predicted molar refractivity (Wildman–Crippen MR) is 62.6 cm³/mol. The monoisotopic (exact) mass is 246 g/mol. The van der Waals surface area contributed by atoms with E-state index < -0.39 is 6.04 Å². The molecule has 16 heavy (non-hydrogen) atoms. The van der Waals surface area contributed by atoms with E-state index in [4.69, 9.17) is 22.2 Å². The van der Waals surface area contributed by atoms with Crippen LogP contribution in [0.4, 0.5) is 4.39 Å². The average molecular weight is 247 g/mol. The van der Waals surface area contributed by atoms with Gasteiger partial charge in [-0.05, 0) is 32.0 Å². The van der Waals surface area contributed by atoms with E-state index in [-0.39, 0.29) is 11.9 Å². The number of hydrogen-bond donors (Lipinski definition) is 2. The Labute approximate surface area is 99.7 Å². The molecule has 0 amide bonds. The molecule has 0 aliphatic carbocycles. The van der Waals surface area contributed by atoms with Crippen molar-refractivity contribution in [2.24, 2.45) is 5.84 Å². The first-order valence-electron chi connectivity index (χ1n) is 5.07. The van der Waals surface area contributed by atoms with Gasteiger partial charge < -0.3 is 4.74 Å². The van der Waals surface area contributed by atoms with Crippen molar-refractivity contribution < 1.29 is 9.13 Å². The summed E-state index contributed by atoms with van der Waals surface area (Å²) in [7, 11) is 0. The second-order valence-electron chi connectivity index (χ2n) is 3.77. The van der Waals surface area contributed by atoms with Crippen LogP contribution in [-0.2, 0) is 4.74 Å². The summed E-state index contributed by atoms with van der Waals surface area (Å²) in [5.74, 6) is 5.02. The summed E-state index contributed by atoms with van der Waals surface area (Å²) >= 11 is 5.80. The van der Waals surface area contributed by atoms with Gasteiger partial charge in [0.1, 0.15) is 5.82 Å². The van der Waals surface area contributed by atoms with Crippen molar-refractivity contribution in [1.82, 2.24) is 5.43 Å². The third-order valence-corrected chi connectivity index (χ3v) is 2.37. The number of halogens is 2. The number of hydrazine groups is 1. The Morgan fingerprint density at radius 2 is 2.19 bits per heavy atom. The maximum absolute atomic E-state index is 13.5. The Balaban J connectivity index is 2.81. The van der Waals surface area contributed by atoms with Gasteiger partial charge in [-0.3, -0.25) is 11.3 Å². The molecular weight excluding hydrogens is 231 g/mol. The third-order valence-electron chi connectivity index (χ3n) is 2.13. The van der Waals surface area contributed by atoms with Gasteiger partial charge in [0.05, 0.1) is 18.8 Å². The lowest BCUT2D eigenvalue weighted by Crippen LogP contribution is -2.32. The second kappa shape index (κ2) is 6.15. The Hall–Kier alpha value is -0.680. The molecule has 0 aliphatic rings. The van der Waals surface area contributed by atoms with Gasteiger partial charge in [-0.25, -0.2) is 4.39 Å². The van der Waals surface area contributed by atoms with E-state index >= 15 is 0 Å². The molecular formula is C11H16ClFN2O. The summed E-state index contributed by atoms with van der Waals surface area (Å²) in [6, 6.07) is 3.96. The van der Waals surface area contributed by atoms with Crippen LogP contribution in [0.3, 0.4) is 0 Å². The standard InChI is InChI=1S/C11H16ClFN2O/c1-7(2)16-6-11(15-14)9-5-8(12)3-4-10(9)13/h3-5,7,11,15H,6,14H2,1-2H3. The zero-order valence-corrected chi connectivity index (χ0v) is 10.1. The Bertz CT molecular complexity index is 347. The molecule has 0 bridgehead atoms. The van der Waals surface area contributed by atoms with Crippen molar-refractivity contribution in [2.75, 3.05) is 6.61 Å². The maximum atomic E-state index is 13.5. The number of hydrogen-bond acceptors (Lipinski definition) is 3. The fourth-order valence-corrected chi connectivity index (χ4v) is 1.48. The molecule has 0 aromatic heterocycles. The summed E-state index contributed by atoms with van der Waals surface area (Å²) in [5.41, 5.74) is 2.93. The summed E-state index contributed by atoms with van der Waals surface area (Å²) in [6.07, 6.45) is 0.0677. The summed E-state index contributed by atoms with van der Waals surface area (Å²) in [6.45, 7) is 4.11. The normalized spacial score (nSPS) is 13.1. The van der Waals surface area contributed by atoms with Crippen LogP contribution in [0.1, 0.15) is 25.5 Å². The van der Waals surface area contributed by atoms with Crippen LogP contribution in [0, 0.1) is 5.82 Å². The van der Waals surface area contributed by atoms with Crippen molar-refractivity contribution in [3.05, 3.63) is 34.6 Å². The first-order chi connectivity index (χ1) is 7.54. The number of nitrogens with one attached hydrogen (secondary N) is 1. The number of rotatable bonds is 5. The van der Waals surface area contributed by atoms with Crippen molar-refractivity contribution >= 4 is 11.6 Å². The summed E-state index contributed by atoms with van der Waals surface area (Å²) < 4.78 is 18.9. The molecule has 0 fully saturated rings. The van der Waals surface area contributed by atoms with Gasteiger partial charge in [-0.15, -0.1) is 0 Å². The quantitative estimate of drug-likeness (QED) is 0.620. The fourth-order valence-electron chi connectivity index (χ4n) is 1.30. The smallest absolute Gasteiger partial charge is 0.128 e. The van der Waals surface area contributed by atoms with Gasteiger partial charge >= 0.3 is 0 Å². The molecule has 0 spiro atoms. The minimum absolute atomic E-state index is 0.0677. The van der Waals surface area contributed by atoms with Crippen LogP contribution in [0.5, 0.6) is 0 Å².